The number of carbonyl (C=O) groups excluding carboxylic acids is 1. The second-order valence-electron chi connectivity index (χ2n) is 2.35. The van der Waals surface area contributed by atoms with Gasteiger partial charge in [0.1, 0.15) is 0 Å². The summed E-state index contributed by atoms with van der Waals surface area (Å²) in [6.45, 7) is 0. The van der Waals surface area contributed by atoms with Crippen molar-refractivity contribution in [3.63, 3.8) is 0 Å². The molecule has 6 heteroatoms. The van der Waals surface area contributed by atoms with Crippen molar-refractivity contribution in [1.82, 2.24) is 5.32 Å². The first kappa shape index (κ1) is 9.11. The van der Waals surface area contributed by atoms with Crippen molar-refractivity contribution in [3.05, 3.63) is 18.0 Å². The van der Waals surface area contributed by atoms with Gasteiger partial charge in [-0.2, -0.15) is 0 Å². The molecule has 13 heavy (non-hydrogen) atoms. The molecule has 1 heterocycles. The number of nitrogens with zero attached hydrogens (tertiary/aromatic N) is 1. The van der Waals surface area contributed by atoms with Crippen LogP contribution in [-0.4, -0.2) is 28.4 Å². The molecular formula is C7H9N2O4+. The van der Waals surface area contributed by atoms with Crippen LogP contribution >= 0.6 is 0 Å². The predicted molar refractivity (Wildman–Crippen MR) is 40.5 cm³/mol. The van der Waals surface area contributed by atoms with Crippen molar-refractivity contribution in [2.45, 2.75) is 0 Å². The standard InChI is InChI=1S/C7H8N2O4/c1-8-7(12)4-2-5(10)6(11)3-9(4)13/h2-3,13H,1H3,(H2,8,11,12)/p+1. The van der Waals surface area contributed by atoms with Gasteiger partial charge in [-0.15, -0.1) is 0 Å². The Morgan fingerprint density at radius 3 is 2.62 bits per heavy atom. The van der Waals surface area contributed by atoms with E-state index in [0.717, 1.165) is 12.3 Å². The van der Waals surface area contributed by atoms with Crippen molar-refractivity contribution < 1.29 is 24.9 Å². The second kappa shape index (κ2) is 3.18. The number of nitrogens with one attached hydrogen (secondary N) is 1. The Balaban J connectivity index is 3.23. The van der Waals surface area contributed by atoms with Gasteiger partial charge in [0.15, 0.2) is 5.75 Å². The first-order valence-corrected chi connectivity index (χ1v) is 3.45. The lowest BCUT2D eigenvalue weighted by Crippen LogP contribution is -2.40. The molecule has 1 aromatic heterocycles. The summed E-state index contributed by atoms with van der Waals surface area (Å²) in [6.07, 6.45) is 0.819. The minimum Gasteiger partial charge on any atom is -0.504 e. The molecule has 0 unspecified atom stereocenters. The molecule has 0 aromatic carbocycles. The van der Waals surface area contributed by atoms with Gasteiger partial charge in [-0.05, 0) is 0 Å². The zero-order valence-corrected chi connectivity index (χ0v) is 6.85. The van der Waals surface area contributed by atoms with Crippen LogP contribution in [0.4, 0.5) is 0 Å². The quantitative estimate of drug-likeness (QED) is 0.333. The molecule has 0 aliphatic carbocycles. The summed E-state index contributed by atoms with van der Waals surface area (Å²) < 4.78 is 0.424. The molecule has 0 saturated heterocycles. The fraction of sp³-hybridized carbons (Fsp3) is 0.143. The third-order valence-electron chi connectivity index (χ3n) is 1.49. The van der Waals surface area contributed by atoms with Gasteiger partial charge in [0, 0.05) is 11.8 Å². The molecule has 0 aliphatic rings. The van der Waals surface area contributed by atoms with E-state index in [2.05, 4.69) is 5.32 Å². The van der Waals surface area contributed by atoms with Gasteiger partial charge in [0.2, 0.25) is 5.75 Å². The monoisotopic (exact) mass is 185 g/mol. The van der Waals surface area contributed by atoms with Crippen LogP contribution in [0.25, 0.3) is 0 Å². The molecule has 1 amide bonds. The highest BCUT2D eigenvalue weighted by atomic mass is 16.5. The molecule has 0 spiro atoms. The maximum Gasteiger partial charge on any atom is 0.325 e. The van der Waals surface area contributed by atoms with Crippen LogP contribution in [0, 0.1) is 0 Å². The first-order valence-electron chi connectivity index (χ1n) is 3.45. The first-order chi connectivity index (χ1) is 6.06. The van der Waals surface area contributed by atoms with E-state index in [-0.39, 0.29) is 5.69 Å². The number of rotatable bonds is 1. The third-order valence-corrected chi connectivity index (χ3v) is 1.49. The molecule has 1 aromatic rings. The maximum absolute atomic E-state index is 11.0. The average molecular weight is 185 g/mol. The zero-order valence-electron chi connectivity index (χ0n) is 6.85. The fourth-order valence-corrected chi connectivity index (χ4v) is 0.819. The molecule has 0 bridgehead atoms. The average Bonchev–Trinajstić information content (AvgIpc) is 2.10. The highest BCUT2D eigenvalue weighted by molar-refractivity contribution is 5.91. The second-order valence-corrected chi connectivity index (χ2v) is 2.35. The lowest BCUT2D eigenvalue weighted by molar-refractivity contribution is -0.906. The number of amides is 1. The minimum absolute atomic E-state index is 0.169. The zero-order chi connectivity index (χ0) is 10.0. The van der Waals surface area contributed by atoms with Gasteiger partial charge in [0.25, 0.3) is 6.20 Å². The SMILES string of the molecule is CNC(=O)c1cc(O)c(O)c[n+]1O. The van der Waals surface area contributed by atoms with Crippen LogP contribution < -0.4 is 10.0 Å². The summed E-state index contributed by atoms with van der Waals surface area (Å²) in [5, 5.41) is 29.3. The fourth-order valence-electron chi connectivity index (χ4n) is 0.819. The maximum atomic E-state index is 11.0. The lowest BCUT2D eigenvalue weighted by atomic mass is 10.3. The molecule has 0 fully saturated rings. The number of pyridine rings is 1. The Kier molecular flexibility index (Phi) is 2.23. The summed E-state index contributed by atoms with van der Waals surface area (Å²) in [5.74, 6) is -1.54. The summed E-state index contributed by atoms with van der Waals surface area (Å²) in [5.41, 5.74) is -0.169. The van der Waals surface area contributed by atoms with E-state index in [1.165, 1.54) is 7.05 Å². The normalized spacial score (nSPS) is 9.62. The van der Waals surface area contributed by atoms with Crippen LogP contribution in [0.15, 0.2) is 12.3 Å². The van der Waals surface area contributed by atoms with E-state index in [9.17, 15) is 4.79 Å². The van der Waals surface area contributed by atoms with Crippen LogP contribution in [0.1, 0.15) is 10.5 Å². The number of aromatic hydroxyl groups is 2. The van der Waals surface area contributed by atoms with Gasteiger partial charge in [-0.25, -0.2) is 0 Å². The molecule has 70 valence electrons. The van der Waals surface area contributed by atoms with E-state index in [4.69, 9.17) is 15.4 Å². The molecule has 1 rings (SSSR count). The Morgan fingerprint density at radius 1 is 1.46 bits per heavy atom. The van der Waals surface area contributed by atoms with Gasteiger partial charge >= 0.3 is 11.6 Å². The van der Waals surface area contributed by atoms with E-state index in [1.807, 2.05) is 0 Å². The Labute approximate surface area is 73.6 Å². The molecule has 0 saturated carbocycles. The van der Waals surface area contributed by atoms with Crippen molar-refractivity contribution in [3.8, 4) is 11.5 Å². The van der Waals surface area contributed by atoms with Crippen LogP contribution in [0.2, 0.25) is 0 Å². The van der Waals surface area contributed by atoms with Gasteiger partial charge in [0.05, 0.1) is 6.07 Å². The van der Waals surface area contributed by atoms with Gasteiger partial charge < -0.3 is 15.5 Å². The van der Waals surface area contributed by atoms with E-state index in [0.29, 0.717) is 4.73 Å². The summed E-state index contributed by atoms with van der Waals surface area (Å²) in [4.78, 5) is 11.0. The van der Waals surface area contributed by atoms with Crippen molar-refractivity contribution in [1.29, 1.82) is 0 Å². The molecule has 0 aliphatic heterocycles. The minimum atomic E-state index is -0.571. The Morgan fingerprint density at radius 2 is 2.08 bits per heavy atom. The largest absolute Gasteiger partial charge is 0.504 e. The van der Waals surface area contributed by atoms with E-state index < -0.39 is 17.4 Å². The molecule has 4 N–H and O–H groups in total. The molecule has 0 atom stereocenters. The van der Waals surface area contributed by atoms with Gasteiger partial charge in [-0.3, -0.25) is 10.0 Å². The Bertz CT molecular complexity index is 351. The van der Waals surface area contributed by atoms with E-state index >= 15 is 0 Å². The van der Waals surface area contributed by atoms with Crippen LogP contribution in [0.3, 0.4) is 0 Å². The predicted octanol–water partition coefficient (Wildman–Crippen LogP) is -1.02. The van der Waals surface area contributed by atoms with Crippen molar-refractivity contribution in [2.75, 3.05) is 7.05 Å². The molecule has 6 nitrogen and oxygen atoms in total. The van der Waals surface area contributed by atoms with Crippen LogP contribution in [-0.2, 0) is 0 Å². The molecule has 0 radical (unpaired) electrons. The summed E-state index contributed by atoms with van der Waals surface area (Å²) in [6, 6.07) is 0.953. The third kappa shape index (κ3) is 1.61. The Hall–Kier alpha value is -1.98. The van der Waals surface area contributed by atoms with E-state index in [1.54, 1.807) is 0 Å². The van der Waals surface area contributed by atoms with Gasteiger partial charge in [-0.1, -0.05) is 0 Å². The van der Waals surface area contributed by atoms with Crippen molar-refractivity contribution in [2.24, 2.45) is 0 Å². The highest BCUT2D eigenvalue weighted by Crippen LogP contribution is 2.21. The summed E-state index contributed by atoms with van der Waals surface area (Å²) in [7, 11) is 1.38. The smallest absolute Gasteiger partial charge is 0.325 e. The molecular weight excluding hydrogens is 176 g/mol. The lowest BCUT2D eigenvalue weighted by Gasteiger charge is -1.97. The summed E-state index contributed by atoms with van der Waals surface area (Å²) >= 11 is 0. The highest BCUT2D eigenvalue weighted by Gasteiger charge is 2.21. The topological polar surface area (TPSA) is 93.7 Å². The number of hydrogen-bond donors (Lipinski definition) is 4. The number of aromatic nitrogens is 1. The number of carbonyl (C=O) groups is 1. The van der Waals surface area contributed by atoms with Crippen LogP contribution in [0.5, 0.6) is 11.5 Å². The van der Waals surface area contributed by atoms with Crippen molar-refractivity contribution >= 4 is 5.91 Å². The number of hydrogen-bond acceptors (Lipinski definition) is 4.